The molecule has 0 fully saturated rings. The third-order valence-electron chi connectivity index (χ3n) is 2.78. The molecule has 0 radical (unpaired) electrons. The van der Waals surface area contributed by atoms with E-state index in [1.807, 2.05) is 0 Å². The standard InChI is InChI=1S/C14H16F4N2O3/c15-11-3-2-9(22-5-1-4-14(16,17)18)6-10(11)12(21)7-13(20)23-8-19/h2-3,6,8,12,19-21H,1,4-5,7H2. The van der Waals surface area contributed by atoms with Gasteiger partial charge in [-0.25, -0.2) is 4.39 Å². The second-order valence-corrected chi connectivity index (χ2v) is 4.63. The van der Waals surface area contributed by atoms with E-state index in [1.54, 1.807) is 0 Å². The summed E-state index contributed by atoms with van der Waals surface area (Å²) in [5.41, 5.74) is -0.170. The highest BCUT2D eigenvalue weighted by molar-refractivity contribution is 5.80. The summed E-state index contributed by atoms with van der Waals surface area (Å²) in [4.78, 5) is 0. The quantitative estimate of drug-likeness (QED) is 0.293. The molecule has 0 spiro atoms. The van der Waals surface area contributed by atoms with Crippen molar-refractivity contribution in [3.8, 4) is 5.75 Å². The molecule has 0 saturated carbocycles. The molecule has 1 aromatic rings. The van der Waals surface area contributed by atoms with E-state index in [0.717, 1.165) is 12.1 Å². The second kappa shape index (κ2) is 8.47. The SMILES string of the molecule is N=COC(=N)CC(O)c1cc(OCCCC(F)(F)F)ccc1F. The Balaban J connectivity index is 2.64. The fraction of sp³-hybridized carbons (Fsp3) is 0.429. The average Bonchev–Trinajstić information content (AvgIpc) is 2.44. The van der Waals surface area contributed by atoms with Gasteiger partial charge in [-0.2, -0.15) is 13.2 Å². The lowest BCUT2D eigenvalue weighted by Gasteiger charge is -2.14. The highest BCUT2D eigenvalue weighted by atomic mass is 19.4. The van der Waals surface area contributed by atoms with Crippen molar-refractivity contribution in [1.82, 2.24) is 0 Å². The predicted octanol–water partition coefficient (Wildman–Crippen LogP) is 3.57. The normalized spacial score (nSPS) is 12.6. The summed E-state index contributed by atoms with van der Waals surface area (Å²) >= 11 is 0. The maximum atomic E-state index is 13.7. The second-order valence-electron chi connectivity index (χ2n) is 4.63. The van der Waals surface area contributed by atoms with Crippen LogP contribution in [0.2, 0.25) is 0 Å². The topological polar surface area (TPSA) is 86.4 Å². The van der Waals surface area contributed by atoms with Crippen molar-refractivity contribution in [2.75, 3.05) is 6.61 Å². The van der Waals surface area contributed by atoms with Crippen molar-refractivity contribution in [2.24, 2.45) is 0 Å². The van der Waals surface area contributed by atoms with E-state index >= 15 is 0 Å². The molecule has 0 heterocycles. The molecular formula is C14H16F4N2O3. The molecule has 1 aromatic carbocycles. The first-order chi connectivity index (χ1) is 10.7. The Morgan fingerprint density at radius 2 is 2.04 bits per heavy atom. The first-order valence-corrected chi connectivity index (χ1v) is 6.63. The molecule has 1 atom stereocenters. The van der Waals surface area contributed by atoms with Crippen LogP contribution in [0.3, 0.4) is 0 Å². The molecule has 0 saturated heterocycles. The summed E-state index contributed by atoms with van der Waals surface area (Å²) in [5.74, 6) is -1.06. The molecular weight excluding hydrogens is 320 g/mol. The summed E-state index contributed by atoms with van der Waals surface area (Å²) in [6.45, 7) is -0.201. The number of halogens is 4. The maximum absolute atomic E-state index is 13.7. The van der Waals surface area contributed by atoms with Crippen molar-refractivity contribution in [2.45, 2.75) is 31.5 Å². The Morgan fingerprint density at radius 1 is 1.35 bits per heavy atom. The van der Waals surface area contributed by atoms with Gasteiger partial charge in [0.25, 0.3) is 0 Å². The van der Waals surface area contributed by atoms with Crippen molar-refractivity contribution < 1.29 is 32.1 Å². The third kappa shape index (κ3) is 7.09. The van der Waals surface area contributed by atoms with Gasteiger partial charge in [-0.3, -0.25) is 10.8 Å². The Kier molecular flexibility index (Phi) is 6.95. The van der Waals surface area contributed by atoms with Gasteiger partial charge in [0.05, 0.1) is 19.1 Å². The van der Waals surface area contributed by atoms with Crippen LogP contribution in [0.25, 0.3) is 0 Å². The number of nitrogens with one attached hydrogen (secondary N) is 2. The van der Waals surface area contributed by atoms with Crippen LogP contribution in [0.15, 0.2) is 18.2 Å². The van der Waals surface area contributed by atoms with Crippen LogP contribution in [0.5, 0.6) is 5.75 Å². The zero-order valence-corrected chi connectivity index (χ0v) is 12.0. The van der Waals surface area contributed by atoms with Gasteiger partial charge in [0.1, 0.15) is 11.6 Å². The summed E-state index contributed by atoms with van der Waals surface area (Å²) in [6, 6.07) is 3.41. The molecule has 23 heavy (non-hydrogen) atoms. The fourth-order valence-corrected chi connectivity index (χ4v) is 1.73. The Morgan fingerprint density at radius 3 is 2.65 bits per heavy atom. The zero-order valence-electron chi connectivity index (χ0n) is 12.0. The lowest BCUT2D eigenvalue weighted by atomic mass is 10.1. The Bertz CT molecular complexity index is 549. The molecule has 1 rings (SSSR count). The summed E-state index contributed by atoms with van der Waals surface area (Å²) in [5, 5.41) is 23.8. The van der Waals surface area contributed by atoms with E-state index in [2.05, 4.69) is 4.74 Å². The minimum atomic E-state index is -4.26. The smallest absolute Gasteiger partial charge is 0.389 e. The molecule has 0 aromatic heterocycles. The number of aliphatic hydroxyl groups excluding tert-OH is 1. The van der Waals surface area contributed by atoms with Crippen LogP contribution in [0.1, 0.15) is 30.9 Å². The third-order valence-corrected chi connectivity index (χ3v) is 2.78. The van der Waals surface area contributed by atoms with Crippen LogP contribution in [-0.4, -0.2) is 30.2 Å². The molecule has 128 valence electrons. The van der Waals surface area contributed by atoms with Gasteiger partial charge >= 0.3 is 6.18 Å². The van der Waals surface area contributed by atoms with Crippen molar-refractivity contribution in [3.05, 3.63) is 29.6 Å². The van der Waals surface area contributed by atoms with Crippen molar-refractivity contribution in [3.63, 3.8) is 0 Å². The average molecular weight is 336 g/mol. The minimum absolute atomic E-state index is 0.113. The van der Waals surface area contributed by atoms with E-state index < -0.39 is 30.4 Å². The van der Waals surface area contributed by atoms with Crippen LogP contribution >= 0.6 is 0 Å². The van der Waals surface area contributed by atoms with E-state index in [9.17, 15) is 22.7 Å². The number of alkyl halides is 3. The first-order valence-electron chi connectivity index (χ1n) is 6.63. The zero-order chi connectivity index (χ0) is 17.5. The molecule has 0 amide bonds. The lowest BCUT2D eigenvalue weighted by Crippen LogP contribution is -2.11. The predicted molar refractivity (Wildman–Crippen MR) is 74.4 cm³/mol. The van der Waals surface area contributed by atoms with Crippen LogP contribution in [0.4, 0.5) is 17.6 Å². The molecule has 0 aliphatic carbocycles. The molecule has 3 N–H and O–H groups in total. The molecule has 0 bridgehead atoms. The van der Waals surface area contributed by atoms with E-state index in [1.165, 1.54) is 6.07 Å². The molecule has 0 aliphatic heterocycles. The van der Waals surface area contributed by atoms with Gasteiger partial charge < -0.3 is 14.6 Å². The minimum Gasteiger partial charge on any atom is -0.494 e. The number of aliphatic hydroxyl groups is 1. The monoisotopic (exact) mass is 336 g/mol. The van der Waals surface area contributed by atoms with Crippen molar-refractivity contribution in [1.29, 1.82) is 10.8 Å². The van der Waals surface area contributed by atoms with Gasteiger partial charge in [0, 0.05) is 12.0 Å². The van der Waals surface area contributed by atoms with Crippen LogP contribution < -0.4 is 4.74 Å². The molecule has 1 unspecified atom stereocenters. The number of hydrogen-bond acceptors (Lipinski definition) is 5. The maximum Gasteiger partial charge on any atom is 0.389 e. The largest absolute Gasteiger partial charge is 0.494 e. The summed E-state index contributed by atoms with van der Waals surface area (Å²) < 4.78 is 59.2. The number of hydrogen-bond donors (Lipinski definition) is 3. The Hall–Kier alpha value is -2.16. The lowest BCUT2D eigenvalue weighted by molar-refractivity contribution is -0.136. The molecule has 5 nitrogen and oxygen atoms in total. The first kappa shape index (κ1) is 18.9. The van der Waals surface area contributed by atoms with Gasteiger partial charge in [-0.05, 0) is 24.6 Å². The number of ether oxygens (including phenoxy) is 2. The van der Waals surface area contributed by atoms with Gasteiger partial charge in [-0.15, -0.1) is 0 Å². The van der Waals surface area contributed by atoms with Crippen LogP contribution in [0, 0.1) is 16.6 Å². The van der Waals surface area contributed by atoms with Gasteiger partial charge in [0.15, 0.2) is 12.3 Å². The summed E-state index contributed by atoms with van der Waals surface area (Å²) in [6.07, 6.45) is -6.74. The number of benzene rings is 1. The molecule has 0 aliphatic rings. The summed E-state index contributed by atoms with van der Waals surface area (Å²) in [7, 11) is 0. The Labute approximate surface area is 129 Å². The highest BCUT2D eigenvalue weighted by Gasteiger charge is 2.26. The van der Waals surface area contributed by atoms with Crippen LogP contribution in [-0.2, 0) is 4.74 Å². The fourth-order valence-electron chi connectivity index (χ4n) is 1.73. The molecule has 9 heteroatoms. The van der Waals surface area contributed by atoms with E-state index in [4.69, 9.17) is 15.6 Å². The van der Waals surface area contributed by atoms with Crippen molar-refractivity contribution >= 4 is 12.3 Å². The highest BCUT2D eigenvalue weighted by Crippen LogP contribution is 2.26. The van der Waals surface area contributed by atoms with E-state index in [0.29, 0.717) is 6.40 Å². The van der Waals surface area contributed by atoms with Gasteiger partial charge in [-0.1, -0.05) is 0 Å². The van der Waals surface area contributed by atoms with Gasteiger partial charge in [0.2, 0.25) is 0 Å². The van der Waals surface area contributed by atoms with E-state index in [-0.39, 0.29) is 30.8 Å². The number of rotatable bonds is 8.